The van der Waals surface area contributed by atoms with E-state index in [2.05, 4.69) is 13.8 Å². The molecule has 0 aliphatic carbocycles. The molecule has 0 unspecified atom stereocenters. The molecule has 0 aromatic heterocycles. The lowest BCUT2D eigenvalue weighted by Gasteiger charge is -2.00. The summed E-state index contributed by atoms with van der Waals surface area (Å²) in [6, 6.07) is 0. The lowest BCUT2D eigenvalue weighted by atomic mass is 10.1. The SMILES string of the molecule is CC(C)CCCCO.N.N.O=S(=O)(O)O. The number of hydrogen-bond donors (Lipinski definition) is 5. The molecule has 15 heavy (non-hydrogen) atoms. The van der Waals surface area contributed by atoms with Gasteiger partial charge in [0.2, 0.25) is 0 Å². The van der Waals surface area contributed by atoms with E-state index in [-0.39, 0.29) is 12.3 Å². The molecule has 0 aromatic carbocycles. The second-order valence-electron chi connectivity index (χ2n) is 3.06. The molecule has 0 saturated heterocycles. The molecule has 9 N–H and O–H groups in total. The van der Waals surface area contributed by atoms with Crippen LogP contribution in [0.1, 0.15) is 33.1 Å². The Kier molecular flexibility index (Phi) is 22.1. The Balaban J connectivity index is -0.0000000770. The van der Waals surface area contributed by atoms with Crippen LogP contribution >= 0.6 is 0 Å². The van der Waals surface area contributed by atoms with Gasteiger partial charge in [-0.3, -0.25) is 9.11 Å². The van der Waals surface area contributed by atoms with E-state index in [1.807, 2.05) is 0 Å². The monoisotopic (exact) mass is 248 g/mol. The number of unbranched alkanes of at least 4 members (excludes halogenated alkanes) is 1. The lowest BCUT2D eigenvalue weighted by Crippen LogP contribution is -1.89. The highest BCUT2D eigenvalue weighted by atomic mass is 32.3. The highest BCUT2D eigenvalue weighted by molar-refractivity contribution is 7.79. The topological polar surface area (TPSA) is 165 Å². The van der Waals surface area contributed by atoms with E-state index in [0.717, 1.165) is 12.3 Å². The van der Waals surface area contributed by atoms with Crippen molar-refractivity contribution in [1.82, 2.24) is 12.3 Å². The van der Waals surface area contributed by atoms with E-state index < -0.39 is 10.4 Å². The van der Waals surface area contributed by atoms with Gasteiger partial charge >= 0.3 is 10.4 Å². The molecule has 0 bridgehead atoms. The molecule has 0 rings (SSSR count). The molecule has 0 saturated carbocycles. The van der Waals surface area contributed by atoms with Crippen LogP contribution in [-0.4, -0.2) is 29.2 Å². The van der Waals surface area contributed by atoms with E-state index in [4.69, 9.17) is 22.6 Å². The van der Waals surface area contributed by atoms with Gasteiger partial charge in [-0.05, 0) is 12.3 Å². The second-order valence-corrected chi connectivity index (χ2v) is 3.96. The van der Waals surface area contributed by atoms with E-state index >= 15 is 0 Å². The van der Waals surface area contributed by atoms with Crippen molar-refractivity contribution in [3.8, 4) is 0 Å². The van der Waals surface area contributed by atoms with Crippen LogP contribution in [0.5, 0.6) is 0 Å². The molecule has 0 aliphatic heterocycles. The van der Waals surface area contributed by atoms with Crippen LogP contribution in [0, 0.1) is 5.92 Å². The van der Waals surface area contributed by atoms with Crippen LogP contribution in [0.4, 0.5) is 0 Å². The summed E-state index contributed by atoms with van der Waals surface area (Å²) in [7, 11) is -4.67. The second kappa shape index (κ2) is 13.8. The first-order chi connectivity index (χ1) is 5.77. The number of aliphatic hydroxyl groups is 1. The minimum atomic E-state index is -4.67. The predicted molar refractivity (Wildman–Crippen MR) is 60.0 cm³/mol. The average Bonchev–Trinajstić information content (AvgIpc) is 1.83. The molecule has 98 valence electrons. The van der Waals surface area contributed by atoms with E-state index in [1.165, 1.54) is 12.8 Å². The van der Waals surface area contributed by atoms with Gasteiger partial charge in [-0.25, -0.2) is 0 Å². The van der Waals surface area contributed by atoms with E-state index in [0.29, 0.717) is 6.61 Å². The zero-order valence-electron chi connectivity index (χ0n) is 9.39. The summed E-state index contributed by atoms with van der Waals surface area (Å²) in [6.07, 6.45) is 3.40. The summed E-state index contributed by atoms with van der Waals surface area (Å²) in [5.41, 5.74) is 0. The predicted octanol–water partition coefficient (Wildman–Crippen LogP) is 1.48. The third kappa shape index (κ3) is 84.1. The van der Waals surface area contributed by atoms with Gasteiger partial charge in [-0.15, -0.1) is 0 Å². The summed E-state index contributed by atoms with van der Waals surface area (Å²) >= 11 is 0. The van der Waals surface area contributed by atoms with Crippen molar-refractivity contribution < 1.29 is 22.6 Å². The van der Waals surface area contributed by atoms with Crippen LogP contribution in [0.3, 0.4) is 0 Å². The first kappa shape index (κ1) is 24.1. The Morgan fingerprint density at radius 1 is 1.07 bits per heavy atom. The smallest absolute Gasteiger partial charge is 0.394 e. The van der Waals surface area contributed by atoms with Crippen molar-refractivity contribution >= 4 is 10.4 Å². The van der Waals surface area contributed by atoms with Crippen LogP contribution in [0.25, 0.3) is 0 Å². The van der Waals surface area contributed by atoms with Crippen molar-refractivity contribution in [3.05, 3.63) is 0 Å². The van der Waals surface area contributed by atoms with Gasteiger partial charge in [-0.2, -0.15) is 8.42 Å². The van der Waals surface area contributed by atoms with Crippen molar-refractivity contribution in [2.24, 2.45) is 5.92 Å². The molecule has 8 heteroatoms. The molecule has 0 aromatic rings. The molecule has 0 heterocycles. The zero-order chi connectivity index (χ0) is 10.9. The fourth-order valence-electron chi connectivity index (χ4n) is 0.664. The molecule has 7 nitrogen and oxygen atoms in total. The Morgan fingerprint density at radius 3 is 1.60 bits per heavy atom. The Morgan fingerprint density at radius 2 is 1.40 bits per heavy atom. The van der Waals surface area contributed by atoms with E-state index in [1.54, 1.807) is 0 Å². The third-order valence-corrected chi connectivity index (χ3v) is 1.19. The Labute approximate surface area is 91.6 Å². The van der Waals surface area contributed by atoms with Crippen LogP contribution in [0.2, 0.25) is 0 Å². The zero-order valence-corrected chi connectivity index (χ0v) is 10.2. The Bertz CT molecular complexity index is 186. The lowest BCUT2D eigenvalue weighted by molar-refractivity contribution is 0.280. The molecule has 0 atom stereocenters. The fourth-order valence-corrected chi connectivity index (χ4v) is 0.664. The number of hydrogen-bond acceptors (Lipinski definition) is 5. The van der Waals surface area contributed by atoms with Gasteiger partial charge in [0.25, 0.3) is 0 Å². The molecular weight excluding hydrogens is 224 g/mol. The standard InChI is InChI=1S/C7H16O.2H3N.H2O4S/c1-7(2)5-3-4-6-8;;;1-5(2,3)4/h7-8H,3-6H2,1-2H3;2*1H3;(H2,1,2,3,4). The van der Waals surface area contributed by atoms with Crippen LogP contribution in [-0.2, 0) is 10.4 Å². The highest BCUT2D eigenvalue weighted by Crippen LogP contribution is 2.04. The maximum absolute atomic E-state index is 8.74. The summed E-state index contributed by atoms with van der Waals surface area (Å²) < 4.78 is 31.6. The molecule has 0 radical (unpaired) electrons. The number of aliphatic hydroxyl groups excluding tert-OH is 1. The minimum absolute atomic E-state index is 0. The van der Waals surface area contributed by atoms with Crippen molar-refractivity contribution in [2.45, 2.75) is 33.1 Å². The molecule has 0 spiro atoms. The third-order valence-electron chi connectivity index (χ3n) is 1.19. The van der Waals surface area contributed by atoms with Gasteiger partial charge in [0.05, 0.1) is 0 Å². The summed E-state index contributed by atoms with van der Waals surface area (Å²) in [4.78, 5) is 0. The van der Waals surface area contributed by atoms with Gasteiger partial charge in [-0.1, -0.05) is 26.7 Å². The Hall–Kier alpha value is -0.250. The van der Waals surface area contributed by atoms with Crippen LogP contribution < -0.4 is 12.3 Å². The maximum Gasteiger partial charge on any atom is 0.394 e. The first-order valence-electron chi connectivity index (χ1n) is 4.08. The average molecular weight is 248 g/mol. The maximum atomic E-state index is 8.74. The summed E-state index contributed by atoms with van der Waals surface area (Å²) in [5, 5.41) is 8.38. The molecule has 0 aliphatic rings. The molecule has 0 amide bonds. The largest absolute Gasteiger partial charge is 0.396 e. The van der Waals surface area contributed by atoms with Crippen molar-refractivity contribution in [3.63, 3.8) is 0 Å². The van der Waals surface area contributed by atoms with Gasteiger partial charge in [0.15, 0.2) is 0 Å². The molecular formula is C7H24N2O5S. The van der Waals surface area contributed by atoms with Crippen molar-refractivity contribution in [1.29, 1.82) is 0 Å². The summed E-state index contributed by atoms with van der Waals surface area (Å²) in [5.74, 6) is 0.793. The van der Waals surface area contributed by atoms with Gasteiger partial charge < -0.3 is 17.4 Å². The molecule has 0 fully saturated rings. The van der Waals surface area contributed by atoms with Crippen molar-refractivity contribution in [2.75, 3.05) is 6.61 Å². The summed E-state index contributed by atoms with van der Waals surface area (Å²) in [6.45, 7) is 4.77. The van der Waals surface area contributed by atoms with Gasteiger partial charge in [0, 0.05) is 6.61 Å². The van der Waals surface area contributed by atoms with E-state index in [9.17, 15) is 0 Å². The highest BCUT2D eigenvalue weighted by Gasteiger charge is 1.91. The quantitative estimate of drug-likeness (QED) is 0.371. The normalized spacial score (nSPS) is 9.47. The fraction of sp³-hybridized carbons (Fsp3) is 1.00. The van der Waals surface area contributed by atoms with Crippen LogP contribution in [0.15, 0.2) is 0 Å². The minimum Gasteiger partial charge on any atom is -0.396 e. The number of rotatable bonds is 4. The van der Waals surface area contributed by atoms with Gasteiger partial charge in [0.1, 0.15) is 0 Å². The first-order valence-corrected chi connectivity index (χ1v) is 5.47.